The number of hydrogen-bond donors (Lipinski definition) is 1. The molecule has 0 aliphatic heterocycles. The third kappa shape index (κ3) is 3.58. The monoisotopic (exact) mass is 411 g/mol. The molecule has 1 heterocycles. The van der Waals surface area contributed by atoms with E-state index < -0.39 is 0 Å². The molecule has 5 heteroatoms. The van der Waals surface area contributed by atoms with Crippen molar-refractivity contribution in [2.45, 2.75) is 44.2 Å². The van der Waals surface area contributed by atoms with Gasteiger partial charge >= 0.3 is 0 Å². The second-order valence-electron chi connectivity index (χ2n) is 5.70. The van der Waals surface area contributed by atoms with Crippen LogP contribution in [0.2, 0.25) is 0 Å². The molecule has 2 aromatic rings. The molecule has 0 amide bonds. The molecule has 1 aliphatic carbocycles. The Morgan fingerprint density at radius 3 is 2.71 bits per heavy atom. The first kappa shape index (κ1) is 15.3. The number of nitrogens with two attached hydrogens (primary N) is 1. The van der Waals surface area contributed by atoms with E-state index in [0.717, 1.165) is 26.6 Å². The number of nitrogens with zero attached hydrogens (tertiary/aromatic N) is 2. The molecule has 1 aliphatic rings. The largest absolute Gasteiger partial charge is 0.324 e. The van der Waals surface area contributed by atoms with E-state index in [1.54, 1.807) is 0 Å². The SMILES string of the molecule is NC(Cc1ccn(C2CCCC2)n1)c1ccc(Br)cc1Br. The highest BCUT2D eigenvalue weighted by molar-refractivity contribution is 9.11. The average Bonchev–Trinajstić information content (AvgIpc) is 3.08. The Kier molecular flexibility index (Phi) is 4.82. The summed E-state index contributed by atoms with van der Waals surface area (Å²) in [4.78, 5) is 0. The van der Waals surface area contributed by atoms with Crippen molar-refractivity contribution in [3.63, 3.8) is 0 Å². The van der Waals surface area contributed by atoms with Crippen LogP contribution in [-0.2, 0) is 6.42 Å². The quantitative estimate of drug-likeness (QED) is 0.786. The van der Waals surface area contributed by atoms with Gasteiger partial charge in [0.1, 0.15) is 0 Å². The van der Waals surface area contributed by atoms with Crippen LogP contribution in [-0.4, -0.2) is 9.78 Å². The number of halogens is 2. The van der Waals surface area contributed by atoms with Crippen molar-refractivity contribution in [3.8, 4) is 0 Å². The topological polar surface area (TPSA) is 43.8 Å². The van der Waals surface area contributed by atoms with Gasteiger partial charge in [-0.3, -0.25) is 4.68 Å². The molecular weight excluding hydrogens is 394 g/mol. The molecule has 1 saturated carbocycles. The van der Waals surface area contributed by atoms with Crippen molar-refractivity contribution in [1.29, 1.82) is 0 Å². The number of benzene rings is 1. The Morgan fingerprint density at radius 2 is 2.00 bits per heavy atom. The van der Waals surface area contributed by atoms with Gasteiger partial charge in [-0.1, -0.05) is 50.8 Å². The van der Waals surface area contributed by atoms with Gasteiger partial charge in [-0.2, -0.15) is 5.10 Å². The van der Waals surface area contributed by atoms with E-state index in [2.05, 4.69) is 54.9 Å². The molecule has 1 aromatic heterocycles. The van der Waals surface area contributed by atoms with Crippen LogP contribution in [0.5, 0.6) is 0 Å². The van der Waals surface area contributed by atoms with Crippen LogP contribution in [0.15, 0.2) is 39.4 Å². The molecule has 0 bridgehead atoms. The van der Waals surface area contributed by atoms with Crippen LogP contribution in [0.25, 0.3) is 0 Å². The molecule has 0 saturated heterocycles. The van der Waals surface area contributed by atoms with E-state index in [1.165, 1.54) is 25.7 Å². The minimum Gasteiger partial charge on any atom is -0.324 e. The maximum absolute atomic E-state index is 6.35. The van der Waals surface area contributed by atoms with Crippen molar-refractivity contribution in [2.75, 3.05) is 0 Å². The standard InChI is InChI=1S/C16H19Br2N3/c17-11-5-6-14(15(18)9-11)16(19)10-12-7-8-21(20-12)13-3-1-2-4-13/h5-9,13,16H,1-4,10,19H2. The van der Waals surface area contributed by atoms with Gasteiger partial charge in [-0.15, -0.1) is 0 Å². The zero-order valence-electron chi connectivity index (χ0n) is 11.8. The van der Waals surface area contributed by atoms with Crippen molar-refractivity contribution in [3.05, 3.63) is 50.7 Å². The summed E-state index contributed by atoms with van der Waals surface area (Å²) in [6, 6.07) is 8.77. The molecule has 0 radical (unpaired) electrons. The Balaban J connectivity index is 1.70. The molecule has 112 valence electrons. The summed E-state index contributed by atoms with van der Waals surface area (Å²) in [6.45, 7) is 0. The smallest absolute Gasteiger partial charge is 0.0643 e. The predicted octanol–water partition coefficient (Wildman–Crippen LogP) is 4.77. The molecule has 0 spiro atoms. The highest BCUT2D eigenvalue weighted by atomic mass is 79.9. The van der Waals surface area contributed by atoms with E-state index in [0.29, 0.717) is 6.04 Å². The van der Waals surface area contributed by atoms with Crippen LogP contribution in [0.3, 0.4) is 0 Å². The summed E-state index contributed by atoms with van der Waals surface area (Å²) in [5, 5.41) is 4.72. The molecule has 3 rings (SSSR count). The van der Waals surface area contributed by atoms with E-state index in [1.807, 2.05) is 12.1 Å². The van der Waals surface area contributed by atoms with Crippen LogP contribution >= 0.6 is 31.9 Å². The van der Waals surface area contributed by atoms with Crippen molar-refractivity contribution in [1.82, 2.24) is 9.78 Å². The fourth-order valence-electron chi connectivity index (χ4n) is 3.00. The Morgan fingerprint density at radius 1 is 1.24 bits per heavy atom. The molecule has 1 fully saturated rings. The van der Waals surface area contributed by atoms with E-state index in [4.69, 9.17) is 10.8 Å². The van der Waals surface area contributed by atoms with Crippen LogP contribution in [0, 0.1) is 0 Å². The fourth-order valence-corrected chi connectivity index (χ4v) is 4.34. The summed E-state index contributed by atoms with van der Waals surface area (Å²) in [5.41, 5.74) is 8.54. The summed E-state index contributed by atoms with van der Waals surface area (Å²) in [6.07, 6.45) is 8.03. The van der Waals surface area contributed by atoms with Crippen LogP contribution in [0.1, 0.15) is 49.0 Å². The number of aromatic nitrogens is 2. The molecule has 2 N–H and O–H groups in total. The van der Waals surface area contributed by atoms with Crippen molar-refractivity contribution in [2.24, 2.45) is 5.73 Å². The third-order valence-corrected chi connectivity index (χ3v) is 5.33. The molecule has 1 atom stereocenters. The fraction of sp³-hybridized carbons (Fsp3) is 0.438. The normalized spacial score (nSPS) is 17.3. The van der Waals surface area contributed by atoms with E-state index >= 15 is 0 Å². The first-order chi connectivity index (χ1) is 10.1. The minimum absolute atomic E-state index is 0.0422. The van der Waals surface area contributed by atoms with Crippen LogP contribution in [0.4, 0.5) is 0 Å². The van der Waals surface area contributed by atoms with Gasteiger partial charge in [-0.05, 0) is 36.6 Å². The van der Waals surface area contributed by atoms with Gasteiger partial charge in [0, 0.05) is 27.6 Å². The number of hydrogen-bond acceptors (Lipinski definition) is 2. The van der Waals surface area contributed by atoms with Crippen molar-refractivity contribution < 1.29 is 0 Å². The van der Waals surface area contributed by atoms with Gasteiger partial charge in [-0.25, -0.2) is 0 Å². The van der Waals surface area contributed by atoms with Gasteiger partial charge in [0.05, 0.1) is 11.7 Å². The zero-order valence-corrected chi connectivity index (χ0v) is 15.0. The van der Waals surface area contributed by atoms with Gasteiger partial charge in [0.2, 0.25) is 0 Å². The summed E-state index contributed by atoms with van der Waals surface area (Å²) >= 11 is 7.05. The maximum Gasteiger partial charge on any atom is 0.0643 e. The second kappa shape index (κ2) is 6.63. The lowest BCUT2D eigenvalue weighted by Gasteiger charge is -2.13. The van der Waals surface area contributed by atoms with E-state index in [-0.39, 0.29) is 6.04 Å². The first-order valence-electron chi connectivity index (χ1n) is 7.38. The molecule has 1 aromatic carbocycles. The zero-order chi connectivity index (χ0) is 14.8. The number of rotatable bonds is 4. The average molecular weight is 413 g/mol. The summed E-state index contributed by atoms with van der Waals surface area (Å²) in [5.74, 6) is 0. The lowest BCUT2D eigenvalue weighted by Crippen LogP contribution is -2.15. The minimum atomic E-state index is -0.0422. The Labute approximate surface area is 142 Å². The molecule has 1 unspecified atom stereocenters. The van der Waals surface area contributed by atoms with E-state index in [9.17, 15) is 0 Å². The highest BCUT2D eigenvalue weighted by Gasteiger charge is 2.18. The first-order valence-corrected chi connectivity index (χ1v) is 8.96. The Bertz CT molecular complexity index is 618. The molecular formula is C16H19Br2N3. The second-order valence-corrected chi connectivity index (χ2v) is 7.47. The van der Waals surface area contributed by atoms with Crippen molar-refractivity contribution >= 4 is 31.9 Å². The lowest BCUT2D eigenvalue weighted by atomic mass is 10.0. The van der Waals surface area contributed by atoms with Gasteiger partial charge in [0.25, 0.3) is 0 Å². The lowest BCUT2D eigenvalue weighted by molar-refractivity contribution is 0.461. The molecule has 21 heavy (non-hydrogen) atoms. The van der Waals surface area contributed by atoms with Gasteiger partial charge in [0.15, 0.2) is 0 Å². The third-order valence-electron chi connectivity index (χ3n) is 4.15. The maximum atomic E-state index is 6.35. The summed E-state index contributed by atoms with van der Waals surface area (Å²) in [7, 11) is 0. The Hall–Kier alpha value is -0.650. The van der Waals surface area contributed by atoms with Gasteiger partial charge < -0.3 is 5.73 Å². The summed E-state index contributed by atoms with van der Waals surface area (Å²) < 4.78 is 4.22. The molecule has 3 nitrogen and oxygen atoms in total. The van der Waals surface area contributed by atoms with Crippen LogP contribution < -0.4 is 5.73 Å². The predicted molar refractivity (Wildman–Crippen MR) is 92.2 cm³/mol. The highest BCUT2D eigenvalue weighted by Crippen LogP contribution is 2.30.